The molecule has 1 atom stereocenters. The van der Waals surface area contributed by atoms with Crippen molar-refractivity contribution in [3.8, 4) is 6.07 Å². The Morgan fingerprint density at radius 2 is 2.08 bits per heavy atom. The number of thioether (sulfide) groups is 1. The van der Waals surface area contributed by atoms with Crippen LogP contribution in [0.25, 0.3) is 10.9 Å². The normalized spacial score (nSPS) is 11.9. The van der Waals surface area contributed by atoms with Crippen molar-refractivity contribution in [1.82, 2.24) is 4.98 Å². The van der Waals surface area contributed by atoms with Crippen LogP contribution < -0.4 is 5.32 Å². The number of carbonyl (C=O) groups is 1. The van der Waals surface area contributed by atoms with Crippen LogP contribution in [0.15, 0.2) is 45.8 Å². The van der Waals surface area contributed by atoms with Crippen LogP contribution in [-0.2, 0) is 4.79 Å². The van der Waals surface area contributed by atoms with Gasteiger partial charge in [0.05, 0.1) is 15.8 Å². The largest absolute Gasteiger partial charge is 0.444 e. The summed E-state index contributed by atoms with van der Waals surface area (Å²) in [7, 11) is 0. The fraction of sp³-hybridized carbons (Fsp3) is 0.250. The molecule has 0 aliphatic carbocycles. The predicted molar refractivity (Wildman–Crippen MR) is 103 cm³/mol. The van der Waals surface area contributed by atoms with Gasteiger partial charge in [0.1, 0.15) is 17.4 Å². The maximum Gasteiger partial charge on any atom is 0.240 e. The van der Waals surface area contributed by atoms with E-state index in [4.69, 9.17) is 4.42 Å². The third-order valence-corrected chi connectivity index (χ3v) is 5.53. The minimum Gasteiger partial charge on any atom is -0.444 e. The molecule has 0 saturated heterocycles. The van der Waals surface area contributed by atoms with Gasteiger partial charge in [0.25, 0.3) is 0 Å². The Morgan fingerprint density at radius 3 is 2.81 bits per heavy atom. The van der Waals surface area contributed by atoms with Crippen molar-refractivity contribution in [2.24, 2.45) is 0 Å². The molecule has 1 N–H and O–H groups in total. The number of nitrogens with zero attached hydrogens (tertiary/aromatic N) is 2. The number of amides is 1. The first-order valence-corrected chi connectivity index (χ1v) is 9.24. The van der Waals surface area contributed by atoms with E-state index in [9.17, 15) is 10.1 Å². The van der Waals surface area contributed by atoms with E-state index in [1.165, 1.54) is 11.8 Å². The molecule has 2 heterocycles. The number of anilines is 1. The number of hydrogen-bond acceptors (Lipinski definition) is 5. The first-order chi connectivity index (χ1) is 12.5. The number of para-hydroxylation sites is 1. The van der Waals surface area contributed by atoms with Crippen molar-refractivity contribution in [2.75, 3.05) is 5.32 Å². The second-order valence-corrected chi connectivity index (χ2v) is 7.17. The van der Waals surface area contributed by atoms with Crippen LogP contribution in [0.4, 0.5) is 5.88 Å². The van der Waals surface area contributed by atoms with Gasteiger partial charge in [-0.15, -0.1) is 0 Å². The monoisotopic (exact) mass is 365 g/mol. The SMILES string of the molecule is CCC(Sc1ccc2ccccc2n1)C(=O)Nc1oc(C)c(C)c1C#N. The minimum atomic E-state index is -0.332. The highest BCUT2D eigenvalue weighted by molar-refractivity contribution is 8.00. The standard InChI is InChI=1S/C20H19N3O2S/c1-4-17(19(24)23-20-15(11-21)12(2)13(3)25-20)26-18-10-9-14-7-5-6-8-16(14)22-18/h5-10,17H,4H2,1-3H3,(H,23,24). The van der Waals surface area contributed by atoms with Gasteiger partial charge in [-0.1, -0.05) is 43.0 Å². The van der Waals surface area contributed by atoms with E-state index >= 15 is 0 Å². The Balaban J connectivity index is 1.78. The van der Waals surface area contributed by atoms with Crippen LogP contribution in [0.5, 0.6) is 0 Å². The zero-order valence-electron chi connectivity index (χ0n) is 14.9. The van der Waals surface area contributed by atoms with Crippen LogP contribution in [0, 0.1) is 25.2 Å². The number of hydrogen-bond donors (Lipinski definition) is 1. The lowest BCUT2D eigenvalue weighted by Gasteiger charge is -2.13. The minimum absolute atomic E-state index is 0.197. The number of aryl methyl sites for hydroxylation is 1. The van der Waals surface area contributed by atoms with Crippen LogP contribution in [-0.4, -0.2) is 16.1 Å². The average molecular weight is 365 g/mol. The zero-order valence-corrected chi connectivity index (χ0v) is 15.7. The van der Waals surface area contributed by atoms with Gasteiger partial charge in [-0.3, -0.25) is 10.1 Å². The molecule has 3 aromatic rings. The summed E-state index contributed by atoms with van der Waals surface area (Å²) < 4.78 is 5.53. The highest BCUT2D eigenvalue weighted by Crippen LogP contribution is 2.29. The molecule has 1 unspecified atom stereocenters. The van der Waals surface area contributed by atoms with E-state index in [0.29, 0.717) is 17.7 Å². The van der Waals surface area contributed by atoms with Gasteiger partial charge in [-0.2, -0.15) is 5.26 Å². The molecule has 0 spiro atoms. The lowest BCUT2D eigenvalue weighted by molar-refractivity contribution is -0.115. The lowest BCUT2D eigenvalue weighted by atomic mass is 10.2. The van der Waals surface area contributed by atoms with E-state index < -0.39 is 0 Å². The van der Waals surface area contributed by atoms with E-state index in [-0.39, 0.29) is 17.0 Å². The number of rotatable bonds is 5. The van der Waals surface area contributed by atoms with Crippen molar-refractivity contribution >= 4 is 34.5 Å². The van der Waals surface area contributed by atoms with Crippen LogP contribution in [0.3, 0.4) is 0 Å². The predicted octanol–water partition coefficient (Wildman–Crippen LogP) is 4.83. The second-order valence-electron chi connectivity index (χ2n) is 5.95. The molecule has 0 radical (unpaired) electrons. The summed E-state index contributed by atoms with van der Waals surface area (Å²) in [6.07, 6.45) is 0.631. The summed E-state index contributed by atoms with van der Waals surface area (Å²) in [6.45, 7) is 5.52. The van der Waals surface area contributed by atoms with E-state index in [2.05, 4.69) is 16.4 Å². The van der Waals surface area contributed by atoms with E-state index in [1.54, 1.807) is 13.8 Å². The molecule has 0 bridgehead atoms. The molecule has 0 saturated carbocycles. The summed E-state index contributed by atoms with van der Waals surface area (Å²) in [5, 5.41) is 13.6. The molecule has 0 fully saturated rings. The molecule has 0 aliphatic heterocycles. The third-order valence-electron chi connectivity index (χ3n) is 4.23. The number of fused-ring (bicyclic) bond motifs is 1. The van der Waals surface area contributed by atoms with Gasteiger partial charge in [0, 0.05) is 10.9 Å². The maximum absolute atomic E-state index is 12.7. The van der Waals surface area contributed by atoms with Gasteiger partial charge < -0.3 is 4.42 Å². The highest BCUT2D eigenvalue weighted by Gasteiger charge is 2.23. The summed E-state index contributed by atoms with van der Waals surface area (Å²) in [4.78, 5) is 17.3. The van der Waals surface area contributed by atoms with E-state index in [1.807, 2.05) is 43.3 Å². The van der Waals surface area contributed by atoms with Gasteiger partial charge >= 0.3 is 0 Å². The third kappa shape index (κ3) is 3.58. The number of nitrogens with one attached hydrogen (secondary N) is 1. The number of benzene rings is 1. The smallest absolute Gasteiger partial charge is 0.240 e. The molecule has 0 aliphatic rings. The number of furan rings is 1. The Hall–Kier alpha value is -2.78. The molecule has 1 aromatic carbocycles. The zero-order chi connectivity index (χ0) is 18.7. The molecular weight excluding hydrogens is 346 g/mol. The maximum atomic E-state index is 12.7. The molecular formula is C20H19N3O2S. The van der Waals surface area contributed by atoms with Gasteiger partial charge in [0.15, 0.2) is 0 Å². The lowest BCUT2D eigenvalue weighted by Crippen LogP contribution is -2.24. The van der Waals surface area contributed by atoms with Crippen LogP contribution in [0.1, 0.15) is 30.2 Å². The molecule has 6 heteroatoms. The van der Waals surface area contributed by atoms with Crippen molar-refractivity contribution < 1.29 is 9.21 Å². The van der Waals surface area contributed by atoms with Crippen molar-refractivity contribution in [2.45, 2.75) is 37.5 Å². The Kier molecular flexibility index (Phi) is 5.29. The topological polar surface area (TPSA) is 78.9 Å². The highest BCUT2D eigenvalue weighted by atomic mass is 32.2. The number of nitriles is 1. The summed E-state index contributed by atoms with van der Waals surface area (Å²) in [5.74, 6) is 0.657. The Labute approximate surface area is 156 Å². The number of aromatic nitrogens is 1. The van der Waals surface area contributed by atoms with Crippen LogP contribution >= 0.6 is 11.8 Å². The summed E-state index contributed by atoms with van der Waals surface area (Å²) >= 11 is 1.41. The molecule has 3 rings (SSSR count). The molecule has 2 aromatic heterocycles. The average Bonchev–Trinajstić information content (AvgIpc) is 2.92. The van der Waals surface area contributed by atoms with Crippen molar-refractivity contribution in [1.29, 1.82) is 5.26 Å². The fourth-order valence-corrected chi connectivity index (χ4v) is 3.54. The van der Waals surface area contributed by atoms with Gasteiger partial charge in [0.2, 0.25) is 11.8 Å². The first kappa shape index (κ1) is 18.0. The Morgan fingerprint density at radius 1 is 1.31 bits per heavy atom. The quantitative estimate of drug-likeness (QED) is 0.655. The second kappa shape index (κ2) is 7.63. The molecule has 132 valence electrons. The van der Waals surface area contributed by atoms with Crippen molar-refractivity contribution in [3.05, 3.63) is 53.3 Å². The Bertz CT molecular complexity index is 1000. The van der Waals surface area contributed by atoms with Crippen molar-refractivity contribution in [3.63, 3.8) is 0 Å². The van der Waals surface area contributed by atoms with Gasteiger partial charge in [-0.25, -0.2) is 4.98 Å². The number of carbonyl (C=O) groups excluding carboxylic acids is 1. The summed E-state index contributed by atoms with van der Waals surface area (Å²) in [5.41, 5.74) is 2.02. The fourth-order valence-electron chi connectivity index (χ4n) is 2.62. The van der Waals surface area contributed by atoms with E-state index in [0.717, 1.165) is 21.5 Å². The summed E-state index contributed by atoms with van der Waals surface area (Å²) in [6, 6.07) is 13.9. The molecule has 1 amide bonds. The first-order valence-electron chi connectivity index (χ1n) is 8.37. The molecule has 26 heavy (non-hydrogen) atoms. The van der Waals surface area contributed by atoms with Gasteiger partial charge in [-0.05, 0) is 32.4 Å². The van der Waals surface area contributed by atoms with Crippen LogP contribution in [0.2, 0.25) is 0 Å². The number of pyridine rings is 1. The molecule has 5 nitrogen and oxygen atoms in total.